The molecule has 0 aromatic heterocycles. The molecule has 1 saturated heterocycles. The SMILES string of the molecule is CCCC(C)C(O)CCN1CCC(=O)N1CCc1ccc(C)cc1. The highest BCUT2D eigenvalue weighted by molar-refractivity contribution is 5.77. The zero-order chi connectivity index (χ0) is 17.5. The van der Waals surface area contributed by atoms with Gasteiger partial charge in [-0.15, -0.1) is 0 Å². The lowest BCUT2D eigenvalue weighted by Crippen LogP contribution is -2.42. The fraction of sp³-hybridized carbons (Fsp3) is 0.650. The van der Waals surface area contributed by atoms with E-state index in [0.717, 1.165) is 45.3 Å². The lowest BCUT2D eigenvalue weighted by atomic mass is 9.97. The molecule has 1 N–H and O–H groups in total. The molecule has 4 heteroatoms. The highest BCUT2D eigenvalue weighted by Gasteiger charge is 2.29. The number of rotatable bonds is 9. The summed E-state index contributed by atoms with van der Waals surface area (Å²) in [5.41, 5.74) is 2.52. The van der Waals surface area contributed by atoms with E-state index >= 15 is 0 Å². The summed E-state index contributed by atoms with van der Waals surface area (Å²) in [4.78, 5) is 12.2. The predicted molar refractivity (Wildman–Crippen MR) is 97.5 cm³/mol. The Bertz CT molecular complexity index is 515. The second-order valence-corrected chi connectivity index (χ2v) is 7.08. The smallest absolute Gasteiger partial charge is 0.238 e. The van der Waals surface area contributed by atoms with Gasteiger partial charge in [0.05, 0.1) is 6.10 Å². The standard InChI is InChI=1S/C20H32N2O2/c1-4-5-17(3)19(23)11-13-21-14-12-20(24)22(21)15-10-18-8-6-16(2)7-9-18/h6-9,17,19,23H,4-5,10-15H2,1-3H3. The van der Waals surface area contributed by atoms with E-state index in [9.17, 15) is 9.90 Å². The van der Waals surface area contributed by atoms with Crippen molar-refractivity contribution in [3.05, 3.63) is 35.4 Å². The summed E-state index contributed by atoms with van der Waals surface area (Å²) in [6, 6.07) is 8.50. The number of hydrazine groups is 1. The molecular weight excluding hydrogens is 300 g/mol. The van der Waals surface area contributed by atoms with Crippen molar-refractivity contribution in [3.8, 4) is 0 Å². The Morgan fingerprint density at radius 2 is 1.88 bits per heavy atom. The van der Waals surface area contributed by atoms with Crippen LogP contribution in [0.5, 0.6) is 0 Å². The molecule has 1 aliphatic heterocycles. The summed E-state index contributed by atoms with van der Waals surface area (Å²) >= 11 is 0. The van der Waals surface area contributed by atoms with Gasteiger partial charge in [-0.3, -0.25) is 9.80 Å². The Balaban J connectivity index is 1.83. The molecule has 4 nitrogen and oxygen atoms in total. The lowest BCUT2D eigenvalue weighted by Gasteiger charge is -2.29. The fourth-order valence-corrected chi connectivity index (χ4v) is 3.33. The Labute approximate surface area is 146 Å². The third-order valence-electron chi connectivity index (χ3n) is 5.03. The molecule has 1 heterocycles. The highest BCUT2D eigenvalue weighted by atomic mass is 16.3. The zero-order valence-corrected chi connectivity index (χ0v) is 15.4. The highest BCUT2D eigenvalue weighted by Crippen LogP contribution is 2.18. The van der Waals surface area contributed by atoms with Crippen molar-refractivity contribution in [3.63, 3.8) is 0 Å². The van der Waals surface area contributed by atoms with E-state index < -0.39 is 0 Å². The normalized spacial score (nSPS) is 18.2. The van der Waals surface area contributed by atoms with Crippen molar-refractivity contribution in [2.24, 2.45) is 5.92 Å². The summed E-state index contributed by atoms with van der Waals surface area (Å²) < 4.78 is 0. The number of hydrogen-bond donors (Lipinski definition) is 1. The average molecular weight is 332 g/mol. The van der Waals surface area contributed by atoms with Gasteiger partial charge in [0.25, 0.3) is 0 Å². The van der Waals surface area contributed by atoms with E-state index in [1.807, 2.05) is 5.01 Å². The molecule has 1 aliphatic rings. The van der Waals surface area contributed by atoms with Crippen LogP contribution >= 0.6 is 0 Å². The van der Waals surface area contributed by atoms with Crippen molar-refractivity contribution in [2.45, 2.75) is 59.0 Å². The molecule has 134 valence electrons. The van der Waals surface area contributed by atoms with Gasteiger partial charge in [-0.2, -0.15) is 0 Å². The monoisotopic (exact) mass is 332 g/mol. The van der Waals surface area contributed by atoms with Crippen molar-refractivity contribution in [2.75, 3.05) is 19.6 Å². The number of aliphatic hydroxyl groups is 1. The first kappa shape index (κ1) is 18.9. The van der Waals surface area contributed by atoms with Crippen LogP contribution in [0.1, 0.15) is 50.7 Å². The average Bonchev–Trinajstić information content (AvgIpc) is 2.92. The number of nitrogens with zero attached hydrogens (tertiary/aromatic N) is 2. The maximum Gasteiger partial charge on any atom is 0.238 e. The van der Waals surface area contributed by atoms with Gasteiger partial charge >= 0.3 is 0 Å². The van der Waals surface area contributed by atoms with Crippen LogP contribution in [0, 0.1) is 12.8 Å². The van der Waals surface area contributed by atoms with Crippen molar-refractivity contribution in [1.82, 2.24) is 10.0 Å². The minimum atomic E-state index is -0.278. The lowest BCUT2D eigenvalue weighted by molar-refractivity contribution is -0.138. The number of amides is 1. The topological polar surface area (TPSA) is 43.8 Å². The van der Waals surface area contributed by atoms with Crippen LogP contribution in [0.25, 0.3) is 0 Å². The molecule has 1 fully saturated rings. The molecule has 0 bridgehead atoms. The summed E-state index contributed by atoms with van der Waals surface area (Å²) in [6.45, 7) is 8.60. The van der Waals surface area contributed by atoms with Crippen molar-refractivity contribution in [1.29, 1.82) is 0 Å². The van der Waals surface area contributed by atoms with Gasteiger partial charge in [-0.25, -0.2) is 5.01 Å². The van der Waals surface area contributed by atoms with Crippen molar-refractivity contribution >= 4 is 5.91 Å². The van der Waals surface area contributed by atoms with Crippen LogP contribution in [0.15, 0.2) is 24.3 Å². The molecule has 24 heavy (non-hydrogen) atoms. The summed E-state index contributed by atoms with van der Waals surface area (Å²) in [6.07, 6.45) is 4.07. The van der Waals surface area contributed by atoms with E-state index in [1.165, 1.54) is 11.1 Å². The summed E-state index contributed by atoms with van der Waals surface area (Å²) in [7, 11) is 0. The fourth-order valence-electron chi connectivity index (χ4n) is 3.33. The number of aryl methyl sites for hydroxylation is 1. The van der Waals surface area contributed by atoms with Gasteiger partial charge in [0.1, 0.15) is 0 Å². The van der Waals surface area contributed by atoms with E-state index in [1.54, 1.807) is 0 Å². The third-order valence-corrected chi connectivity index (χ3v) is 5.03. The minimum absolute atomic E-state index is 0.207. The molecule has 2 atom stereocenters. The largest absolute Gasteiger partial charge is 0.393 e. The molecule has 1 aromatic carbocycles. The Kier molecular flexibility index (Phi) is 7.25. The van der Waals surface area contributed by atoms with Gasteiger partial charge in [-0.1, -0.05) is 50.1 Å². The molecule has 0 spiro atoms. The van der Waals surface area contributed by atoms with Crippen molar-refractivity contribution < 1.29 is 9.90 Å². The number of carbonyl (C=O) groups is 1. The van der Waals surface area contributed by atoms with E-state index in [-0.39, 0.29) is 12.0 Å². The summed E-state index contributed by atoms with van der Waals surface area (Å²) in [5, 5.41) is 14.3. The number of benzene rings is 1. The molecule has 0 radical (unpaired) electrons. The molecule has 1 amide bonds. The van der Waals surface area contributed by atoms with Gasteiger partial charge in [0.2, 0.25) is 5.91 Å². The van der Waals surface area contributed by atoms with E-state index in [0.29, 0.717) is 12.3 Å². The van der Waals surface area contributed by atoms with Crippen LogP contribution in [-0.4, -0.2) is 46.8 Å². The van der Waals surface area contributed by atoms with Gasteiger partial charge < -0.3 is 5.11 Å². The molecular formula is C20H32N2O2. The van der Waals surface area contributed by atoms with Crippen LogP contribution < -0.4 is 0 Å². The van der Waals surface area contributed by atoms with Crippen LogP contribution in [-0.2, 0) is 11.2 Å². The zero-order valence-electron chi connectivity index (χ0n) is 15.4. The summed E-state index contributed by atoms with van der Waals surface area (Å²) in [5.74, 6) is 0.535. The van der Waals surface area contributed by atoms with Crippen LogP contribution in [0.4, 0.5) is 0 Å². The van der Waals surface area contributed by atoms with Crippen LogP contribution in [0.3, 0.4) is 0 Å². The van der Waals surface area contributed by atoms with E-state index in [4.69, 9.17) is 0 Å². The molecule has 0 saturated carbocycles. The molecule has 2 rings (SSSR count). The molecule has 1 aromatic rings. The first-order chi connectivity index (χ1) is 11.5. The van der Waals surface area contributed by atoms with Gasteiger partial charge in [0.15, 0.2) is 0 Å². The number of aliphatic hydroxyl groups excluding tert-OH is 1. The quantitative estimate of drug-likeness (QED) is 0.755. The van der Waals surface area contributed by atoms with E-state index in [2.05, 4.69) is 50.0 Å². The number of hydrogen-bond acceptors (Lipinski definition) is 3. The Morgan fingerprint density at radius 1 is 1.17 bits per heavy atom. The first-order valence-corrected chi connectivity index (χ1v) is 9.30. The molecule has 2 unspecified atom stereocenters. The maximum absolute atomic E-state index is 12.2. The Hall–Kier alpha value is -1.39. The second kappa shape index (κ2) is 9.19. The first-order valence-electron chi connectivity index (χ1n) is 9.30. The predicted octanol–water partition coefficient (Wildman–Crippen LogP) is 3.17. The van der Waals surface area contributed by atoms with Crippen LogP contribution in [0.2, 0.25) is 0 Å². The van der Waals surface area contributed by atoms with Gasteiger partial charge in [-0.05, 0) is 37.7 Å². The maximum atomic E-state index is 12.2. The number of carbonyl (C=O) groups excluding carboxylic acids is 1. The van der Waals surface area contributed by atoms with Gasteiger partial charge in [0, 0.05) is 26.1 Å². The Morgan fingerprint density at radius 3 is 2.54 bits per heavy atom. The molecule has 0 aliphatic carbocycles. The second-order valence-electron chi connectivity index (χ2n) is 7.08. The minimum Gasteiger partial charge on any atom is -0.393 e. The third kappa shape index (κ3) is 5.32.